The molecule has 138 valence electrons. The van der Waals surface area contributed by atoms with E-state index in [9.17, 15) is 18.4 Å². The van der Waals surface area contributed by atoms with Crippen molar-refractivity contribution in [3.05, 3.63) is 18.2 Å². The van der Waals surface area contributed by atoms with Crippen LogP contribution in [0.2, 0.25) is 0 Å². The lowest BCUT2D eigenvalue weighted by atomic mass is 9.97. The van der Waals surface area contributed by atoms with Crippen LogP contribution in [0.5, 0.6) is 11.5 Å². The molecule has 25 heavy (non-hydrogen) atoms. The first kappa shape index (κ1) is 19.0. The Labute approximate surface area is 144 Å². The molecule has 0 radical (unpaired) electrons. The summed E-state index contributed by atoms with van der Waals surface area (Å²) in [5.41, 5.74) is 0.287. The second kappa shape index (κ2) is 8.64. The Hall–Kier alpha value is -2.38. The van der Waals surface area contributed by atoms with E-state index < -0.39 is 12.7 Å². The number of ether oxygens (including phenoxy) is 2. The zero-order valence-corrected chi connectivity index (χ0v) is 14.2. The first-order chi connectivity index (χ1) is 11.9. The minimum Gasteiger partial charge on any atom is -0.493 e. The fourth-order valence-corrected chi connectivity index (χ4v) is 3.07. The molecule has 1 fully saturated rings. The Kier molecular flexibility index (Phi) is 6.55. The second-order valence-electron chi connectivity index (χ2n) is 5.96. The number of carbonyl (C=O) groups excluding carboxylic acids is 2. The second-order valence-corrected chi connectivity index (χ2v) is 5.96. The van der Waals surface area contributed by atoms with Gasteiger partial charge >= 0.3 is 6.61 Å². The quantitative estimate of drug-likeness (QED) is 0.788. The third-order valence-electron chi connectivity index (χ3n) is 4.16. The van der Waals surface area contributed by atoms with Crippen LogP contribution in [0.3, 0.4) is 0 Å². The zero-order chi connectivity index (χ0) is 18.4. The summed E-state index contributed by atoms with van der Waals surface area (Å²) in [6, 6.07) is 3.56. The van der Waals surface area contributed by atoms with Gasteiger partial charge in [0.15, 0.2) is 11.5 Å². The van der Waals surface area contributed by atoms with Crippen LogP contribution in [0.15, 0.2) is 18.2 Å². The SMILES string of the molecule is COc1ccc(NC(=O)[C@@H](NC(C)=O)C2CCCC2)cc1OC(F)F. The van der Waals surface area contributed by atoms with Crippen LogP contribution in [0.25, 0.3) is 0 Å². The average molecular weight is 356 g/mol. The van der Waals surface area contributed by atoms with Crippen molar-refractivity contribution in [3.63, 3.8) is 0 Å². The van der Waals surface area contributed by atoms with Gasteiger partial charge in [-0.15, -0.1) is 0 Å². The Balaban J connectivity index is 2.15. The number of amides is 2. The molecule has 2 amide bonds. The van der Waals surface area contributed by atoms with Crippen molar-refractivity contribution in [1.82, 2.24) is 5.32 Å². The molecule has 1 atom stereocenters. The first-order valence-electron chi connectivity index (χ1n) is 8.11. The van der Waals surface area contributed by atoms with Crippen LogP contribution in [0.1, 0.15) is 32.6 Å². The Bertz CT molecular complexity index is 619. The standard InChI is InChI=1S/C17H22F2N2O4/c1-10(22)20-15(11-5-3-4-6-11)16(23)21-12-7-8-13(24-2)14(9-12)25-17(18)19/h7-9,11,15,17H,3-6H2,1-2H3,(H,20,22)(H,21,23)/t15-/m0/s1. The lowest BCUT2D eigenvalue weighted by molar-refractivity contribution is -0.126. The number of benzene rings is 1. The molecule has 0 spiro atoms. The first-order valence-corrected chi connectivity index (χ1v) is 8.11. The highest BCUT2D eigenvalue weighted by Gasteiger charge is 2.31. The van der Waals surface area contributed by atoms with E-state index in [2.05, 4.69) is 15.4 Å². The van der Waals surface area contributed by atoms with E-state index in [0.717, 1.165) is 25.7 Å². The molecule has 0 aliphatic heterocycles. The van der Waals surface area contributed by atoms with Gasteiger partial charge in [0, 0.05) is 18.7 Å². The summed E-state index contributed by atoms with van der Waals surface area (Å²) in [5.74, 6) is -0.641. The van der Waals surface area contributed by atoms with E-state index in [1.807, 2.05) is 0 Å². The number of halogens is 2. The molecular weight excluding hydrogens is 334 g/mol. The van der Waals surface area contributed by atoms with Gasteiger partial charge in [0.1, 0.15) is 6.04 Å². The molecule has 6 nitrogen and oxygen atoms in total. The number of methoxy groups -OCH3 is 1. The molecule has 0 heterocycles. The van der Waals surface area contributed by atoms with Crippen molar-refractivity contribution in [2.45, 2.75) is 45.3 Å². The minimum atomic E-state index is -3.01. The van der Waals surface area contributed by atoms with Gasteiger partial charge in [-0.25, -0.2) is 0 Å². The molecule has 2 rings (SSSR count). The van der Waals surface area contributed by atoms with E-state index in [-0.39, 0.29) is 34.9 Å². The molecule has 1 aromatic carbocycles. The van der Waals surface area contributed by atoms with Crippen LogP contribution in [-0.4, -0.2) is 31.6 Å². The van der Waals surface area contributed by atoms with Gasteiger partial charge in [0.25, 0.3) is 0 Å². The molecule has 1 aliphatic carbocycles. The van der Waals surface area contributed by atoms with Crippen molar-refractivity contribution in [2.24, 2.45) is 5.92 Å². The fourth-order valence-electron chi connectivity index (χ4n) is 3.07. The van der Waals surface area contributed by atoms with Gasteiger partial charge in [-0.1, -0.05) is 12.8 Å². The van der Waals surface area contributed by atoms with Gasteiger partial charge in [-0.3, -0.25) is 9.59 Å². The Morgan fingerprint density at radius 3 is 2.44 bits per heavy atom. The highest BCUT2D eigenvalue weighted by atomic mass is 19.3. The lowest BCUT2D eigenvalue weighted by Gasteiger charge is -2.23. The smallest absolute Gasteiger partial charge is 0.387 e. The summed E-state index contributed by atoms with van der Waals surface area (Å²) in [6.07, 6.45) is 3.76. The monoisotopic (exact) mass is 356 g/mol. The molecule has 0 bridgehead atoms. The third kappa shape index (κ3) is 5.30. The van der Waals surface area contributed by atoms with Crippen LogP contribution < -0.4 is 20.1 Å². The molecule has 1 aromatic rings. The van der Waals surface area contributed by atoms with Gasteiger partial charge in [-0.05, 0) is 30.9 Å². The maximum absolute atomic E-state index is 12.6. The third-order valence-corrected chi connectivity index (χ3v) is 4.16. The molecule has 2 N–H and O–H groups in total. The lowest BCUT2D eigenvalue weighted by Crippen LogP contribution is -2.47. The summed E-state index contributed by atoms with van der Waals surface area (Å²) in [6.45, 7) is -1.65. The van der Waals surface area contributed by atoms with E-state index in [0.29, 0.717) is 0 Å². The highest BCUT2D eigenvalue weighted by molar-refractivity contribution is 5.97. The molecule has 1 aliphatic rings. The van der Waals surface area contributed by atoms with E-state index in [4.69, 9.17) is 4.74 Å². The number of alkyl halides is 2. The highest BCUT2D eigenvalue weighted by Crippen LogP contribution is 2.32. The molecule has 1 saturated carbocycles. The zero-order valence-electron chi connectivity index (χ0n) is 14.2. The molecular formula is C17H22F2N2O4. The van der Waals surface area contributed by atoms with Gasteiger partial charge in [0.05, 0.1) is 7.11 Å². The molecule has 0 unspecified atom stereocenters. The predicted octanol–water partition coefficient (Wildman–Crippen LogP) is 2.93. The van der Waals surface area contributed by atoms with Crippen molar-refractivity contribution < 1.29 is 27.8 Å². The summed E-state index contributed by atoms with van der Waals surface area (Å²) in [5, 5.41) is 5.34. The molecule has 0 aromatic heterocycles. The van der Waals surface area contributed by atoms with Crippen molar-refractivity contribution in [2.75, 3.05) is 12.4 Å². The van der Waals surface area contributed by atoms with E-state index in [1.165, 1.54) is 32.2 Å². The number of hydrogen-bond donors (Lipinski definition) is 2. The van der Waals surface area contributed by atoms with Crippen LogP contribution >= 0.6 is 0 Å². The van der Waals surface area contributed by atoms with Gasteiger partial charge < -0.3 is 20.1 Å². The topological polar surface area (TPSA) is 76.7 Å². The normalized spacial score (nSPS) is 15.7. The Morgan fingerprint density at radius 1 is 1.20 bits per heavy atom. The summed E-state index contributed by atoms with van der Waals surface area (Å²) >= 11 is 0. The van der Waals surface area contributed by atoms with Crippen molar-refractivity contribution in [1.29, 1.82) is 0 Å². The maximum Gasteiger partial charge on any atom is 0.387 e. The van der Waals surface area contributed by atoms with E-state index >= 15 is 0 Å². The number of nitrogens with one attached hydrogen (secondary N) is 2. The predicted molar refractivity (Wildman–Crippen MR) is 87.8 cm³/mol. The number of hydrogen-bond acceptors (Lipinski definition) is 4. The summed E-state index contributed by atoms with van der Waals surface area (Å²) in [4.78, 5) is 24.0. The summed E-state index contributed by atoms with van der Waals surface area (Å²) in [7, 11) is 1.33. The van der Waals surface area contributed by atoms with Gasteiger partial charge in [-0.2, -0.15) is 8.78 Å². The van der Waals surface area contributed by atoms with Crippen LogP contribution in [-0.2, 0) is 9.59 Å². The fraction of sp³-hybridized carbons (Fsp3) is 0.529. The molecule has 0 saturated heterocycles. The maximum atomic E-state index is 12.6. The van der Waals surface area contributed by atoms with Crippen LogP contribution in [0.4, 0.5) is 14.5 Å². The van der Waals surface area contributed by atoms with Crippen LogP contribution in [0, 0.1) is 5.92 Å². The van der Waals surface area contributed by atoms with Crippen molar-refractivity contribution in [3.8, 4) is 11.5 Å². The minimum absolute atomic E-state index is 0.0685. The van der Waals surface area contributed by atoms with Gasteiger partial charge in [0.2, 0.25) is 11.8 Å². The largest absolute Gasteiger partial charge is 0.493 e. The number of carbonyl (C=O) groups is 2. The number of rotatable bonds is 7. The Morgan fingerprint density at radius 2 is 1.88 bits per heavy atom. The average Bonchev–Trinajstić information content (AvgIpc) is 3.06. The van der Waals surface area contributed by atoms with Crippen molar-refractivity contribution >= 4 is 17.5 Å². The summed E-state index contributed by atoms with van der Waals surface area (Å²) < 4.78 is 34.4. The molecule has 8 heteroatoms. The number of anilines is 1. The van der Waals surface area contributed by atoms with E-state index in [1.54, 1.807) is 0 Å².